The Morgan fingerprint density at radius 1 is 1.25 bits per heavy atom. The van der Waals surface area contributed by atoms with Gasteiger partial charge in [-0.05, 0) is 0 Å². The van der Waals surface area contributed by atoms with Crippen LogP contribution in [0.1, 0.15) is 0 Å². The number of para-hydroxylation sites is 1. The maximum atomic E-state index is 10.7. The summed E-state index contributed by atoms with van der Waals surface area (Å²) in [5, 5.41) is 7.94. The van der Waals surface area contributed by atoms with E-state index in [9.17, 15) is 3.74 Å². The van der Waals surface area contributed by atoms with Crippen molar-refractivity contribution >= 4 is 14.5 Å². The molecule has 66 valence electrons. The summed E-state index contributed by atoms with van der Waals surface area (Å²) in [5.41, 5.74) is 0. The summed E-state index contributed by atoms with van der Waals surface area (Å²) in [6.45, 7) is 0. The van der Waals surface area contributed by atoms with E-state index in [-0.39, 0.29) is 5.75 Å². The van der Waals surface area contributed by atoms with Crippen molar-refractivity contribution in [3.8, 4) is 5.75 Å². The van der Waals surface area contributed by atoms with Gasteiger partial charge >= 0.3 is 71.3 Å². The topological polar surface area (TPSA) is 76.0 Å². The van der Waals surface area contributed by atoms with Gasteiger partial charge in [-0.1, -0.05) is 0 Å². The average molecular weight is 234 g/mol. The second kappa shape index (κ2) is 3.78. The Balaban J connectivity index is 2.71. The predicted molar refractivity (Wildman–Crippen MR) is 39.4 cm³/mol. The number of hydrogen-bond donors (Lipinski definition) is 2. The monoisotopic (exact) mass is 234 g/mol. The average Bonchev–Trinajstić information content (AvgIpc) is 2.06. The van der Waals surface area contributed by atoms with E-state index < -0.39 is 14.5 Å². The van der Waals surface area contributed by atoms with Crippen LogP contribution >= 0.6 is 0 Å². The molecule has 1 unspecified atom stereocenters. The molecular weight excluding hydrogens is 227 g/mol. The van der Waals surface area contributed by atoms with Gasteiger partial charge in [0.25, 0.3) is 0 Å². The van der Waals surface area contributed by atoms with Gasteiger partial charge in [-0.25, -0.2) is 0 Å². The molecule has 0 fully saturated rings. The number of benzene rings is 1. The van der Waals surface area contributed by atoms with Gasteiger partial charge in [0.1, 0.15) is 0 Å². The van der Waals surface area contributed by atoms with Crippen molar-refractivity contribution in [3.63, 3.8) is 0 Å². The molecular formula is C6H7AsO5. The fourth-order valence-electron chi connectivity index (χ4n) is 0.631. The van der Waals surface area contributed by atoms with E-state index in [1.165, 1.54) is 12.1 Å². The fraction of sp³-hybridized carbons (Fsp3) is 0. The van der Waals surface area contributed by atoms with Crippen LogP contribution in [0, 0.1) is 0 Å². The summed E-state index contributed by atoms with van der Waals surface area (Å²) in [7, 11) is 0. The Bertz CT molecular complexity index is 285. The molecule has 0 aliphatic rings. The molecule has 1 rings (SSSR count). The molecule has 2 N–H and O–H groups in total. The molecule has 0 aromatic heterocycles. The van der Waals surface area contributed by atoms with E-state index in [4.69, 9.17) is 9.35 Å². The van der Waals surface area contributed by atoms with Crippen molar-refractivity contribution in [2.45, 2.75) is 0 Å². The zero-order valence-electron chi connectivity index (χ0n) is 5.95. The maximum absolute atomic E-state index is 10.7. The Kier molecular flexibility index (Phi) is 2.94. The van der Waals surface area contributed by atoms with Crippen LogP contribution < -0.4 is 3.73 Å². The number of rotatable bonds is 3. The second-order valence-electron chi connectivity index (χ2n) is 1.95. The first-order valence-electron chi connectivity index (χ1n) is 3.05. The van der Waals surface area contributed by atoms with E-state index in [1.54, 1.807) is 18.2 Å². The molecule has 1 atom stereocenters. The number of hydrogen-bond acceptors (Lipinski definition) is 4. The van der Waals surface area contributed by atoms with Crippen LogP contribution in [0.15, 0.2) is 30.3 Å². The molecule has 0 spiro atoms. The first kappa shape index (κ1) is 9.35. The molecule has 0 bridgehead atoms. The molecule has 0 heterocycles. The molecule has 0 amide bonds. The van der Waals surface area contributed by atoms with Crippen LogP contribution in [0.25, 0.3) is 0 Å². The Hall–Kier alpha value is -0.742. The van der Waals surface area contributed by atoms with Crippen molar-refractivity contribution in [2.24, 2.45) is 0 Å². The van der Waals surface area contributed by atoms with Crippen LogP contribution in [0.4, 0.5) is 0 Å². The third-order valence-electron chi connectivity index (χ3n) is 1.07. The summed E-state index contributed by atoms with van der Waals surface area (Å²) in [5.74, 6) is 0.177. The van der Waals surface area contributed by atoms with Gasteiger partial charge in [-0.15, -0.1) is 0 Å². The third kappa shape index (κ3) is 2.71. The van der Waals surface area contributed by atoms with Crippen LogP contribution in [0.3, 0.4) is 0 Å². The van der Waals surface area contributed by atoms with Crippen molar-refractivity contribution in [1.82, 2.24) is 0 Å². The van der Waals surface area contributed by atoms with Crippen LogP contribution in [-0.4, -0.2) is 23.9 Å². The minimum atomic E-state index is -4.94. The predicted octanol–water partition coefficient (Wildman–Crippen LogP) is 0.413. The summed E-state index contributed by atoms with van der Waals surface area (Å²) >= 11 is -4.94. The van der Waals surface area contributed by atoms with Crippen molar-refractivity contribution < 1.29 is 20.7 Å². The van der Waals surface area contributed by atoms with E-state index in [0.29, 0.717) is 0 Å². The first-order chi connectivity index (χ1) is 5.64. The zero-order chi connectivity index (χ0) is 9.03. The molecule has 5 nitrogen and oxygen atoms in total. The van der Waals surface area contributed by atoms with E-state index in [2.05, 4.69) is 7.60 Å². The standard InChI is InChI=1S/C6H7AsO5/c8-7(9,12-10)11-6-4-2-1-3-5-6/h1-5,10H,(H,8,9). The van der Waals surface area contributed by atoms with Crippen molar-refractivity contribution in [3.05, 3.63) is 30.3 Å². The van der Waals surface area contributed by atoms with Crippen molar-refractivity contribution in [2.75, 3.05) is 0 Å². The zero-order valence-corrected chi connectivity index (χ0v) is 7.83. The molecule has 6 heteroatoms. The molecule has 1 aromatic carbocycles. The summed E-state index contributed by atoms with van der Waals surface area (Å²) in [6.07, 6.45) is 0. The molecule has 0 radical (unpaired) electrons. The molecule has 0 aliphatic heterocycles. The molecule has 1 aromatic rings. The Morgan fingerprint density at radius 3 is 2.33 bits per heavy atom. The Labute approximate surface area is 71.8 Å². The molecule has 0 saturated heterocycles. The second-order valence-corrected chi connectivity index (χ2v) is 4.65. The fourth-order valence-corrected chi connectivity index (χ4v) is 1.52. The van der Waals surface area contributed by atoms with E-state index >= 15 is 0 Å². The van der Waals surface area contributed by atoms with E-state index in [0.717, 1.165) is 0 Å². The van der Waals surface area contributed by atoms with Crippen LogP contribution in [0.2, 0.25) is 0 Å². The van der Waals surface area contributed by atoms with Crippen LogP contribution in [-0.2, 0) is 7.62 Å². The van der Waals surface area contributed by atoms with Gasteiger partial charge in [-0.3, -0.25) is 0 Å². The van der Waals surface area contributed by atoms with Gasteiger partial charge in [0, 0.05) is 0 Å². The normalized spacial score (nSPS) is 15.2. The van der Waals surface area contributed by atoms with Gasteiger partial charge in [-0.2, -0.15) is 0 Å². The Morgan fingerprint density at radius 2 is 1.83 bits per heavy atom. The molecule has 12 heavy (non-hydrogen) atoms. The first-order valence-corrected chi connectivity index (χ1v) is 6.18. The van der Waals surface area contributed by atoms with Crippen LogP contribution in [0.5, 0.6) is 5.75 Å². The summed E-state index contributed by atoms with van der Waals surface area (Å²) in [4.78, 5) is 0. The van der Waals surface area contributed by atoms with Gasteiger partial charge in [0.2, 0.25) is 0 Å². The van der Waals surface area contributed by atoms with E-state index in [1.807, 2.05) is 0 Å². The van der Waals surface area contributed by atoms with Gasteiger partial charge in [0.05, 0.1) is 0 Å². The van der Waals surface area contributed by atoms with Gasteiger partial charge in [0.15, 0.2) is 0 Å². The SMILES string of the molecule is O=[As](O)(OO)Oc1ccccc1. The quantitative estimate of drug-likeness (QED) is 0.450. The summed E-state index contributed by atoms with van der Waals surface area (Å²) < 4.78 is 27.1. The summed E-state index contributed by atoms with van der Waals surface area (Å²) in [6, 6.07) is 7.93. The van der Waals surface area contributed by atoms with Gasteiger partial charge < -0.3 is 0 Å². The molecule has 0 saturated carbocycles. The van der Waals surface area contributed by atoms with Crippen molar-refractivity contribution in [1.29, 1.82) is 0 Å². The minimum absolute atomic E-state index is 0.177. The third-order valence-corrected chi connectivity index (χ3v) is 2.43. The molecule has 0 aliphatic carbocycles.